The number of hydrogen-bond acceptors (Lipinski definition) is 5. The zero-order valence-electron chi connectivity index (χ0n) is 14.5. The summed E-state index contributed by atoms with van der Waals surface area (Å²) in [7, 11) is -3.58. The lowest BCUT2D eigenvalue weighted by Gasteiger charge is -2.30. The molecular formula is C18H21N3O3S2. The molecule has 0 saturated carbocycles. The average Bonchev–Trinajstić information content (AvgIpc) is 3.15. The van der Waals surface area contributed by atoms with Gasteiger partial charge < -0.3 is 0 Å². The molecule has 1 aliphatic rings. The number of amides is 1. The van der Waals surface area contributed by atoms with E-state index in [2.05, 4.69) is 10.5 Å². The summed E-state index contributed by atoms with van der Waals surface area (Å²) in [5, 5.41) is 7.81. The highest BCUT2D eigenvalue weighted by Gasteiger charge is 2.33. The first kappa shape index (κ1) is 18.8. The fourth-order valence-electron chi connectivity index (χ4n) is 2.84. The van der Waals surface area contributed by atoms with Crippen molar-refractivity contribution in [3.63, 3.8) is 0 Å². The third-order valence-electron chi connectivity index (χ3n) is 4.35. The van der Waals surface area contributed by atoms with E-state index in [9.17, 15) is 13.2 Å². The van der Waals surface area contributed by atoms with Gasteiger partial charge in [0.1, 0.15) is 0 Å². The molecule has 3 rings (SSSR count). The van der Waals surface area contributed by atoms with E-state index in [1.807, 2.05) is 23.8 Å². The molecule has 0 bridgehead atoms. The summed E-state index contributed by atoms with van der Waals surface area (Å²) in [6.07, 6.45) is 2.88. The Bertz CT molecular complexity index is 875. The second kappa shape index (κ2) is 8.11. The Morgan fingerprint density at radius 3 is 2.77 bits per heavy atom. The third kappa shape index (κ3) is 4.38. The van der Waals surface area contributed by atoms with Crippen LogP contribution in [0.25, 0.3) is 0 Å². The van der Waals surface area contributed by atoms with Crippen LogP contribution in [0.2, 0.25) is 0 Å². The first-order valence-electron chi connectivity index (χ1n) is 8.39. The molecule has 1 atom stereocenters. The molecule has 0 unspecified atom stereocenters. The normalized spacial score (nSPS) is 18.9. The topological polar surface area (TPSA) is 78.8 Å². The molecule has 0 aliphatic carbocycles. The lowest BCUT2D eigenvalue weighted by molar-refractivity contribution is -0.126. The number of thiophene rings is 1. The molecule has 1 aromatic heterocycles. The molecule has 1 aromatic carbocycles. The monoisotopic (exact) mass is 391 g/mol. The van der Waals surface area contributed by atoms with E-state index >= 15 is 0 Å². The average molecular weight is 392 g/mol. The van der Waals surface area contributed by atoms with Crippen LogP contribution < -0.4 is 5.43 Å². The minimum absolute atomic E-state index is 0.177. The maximum Gasteiger partial charge on any atom is 0.244 e. The Morgan fingerprint density at radius 2 is 2.08 bits per heavy atom. The minimum Gasteiger partial charge on any atom is -0.273 e. The fourth-order valence-corrected chi connectivity index (χ4v) is 4.98. The summed E-state index contributed by atoms with van der Waals surface area (Å²) in [6, 6.07) is 8.68. The standard InChI is InChI=1S/C18H21N3O3S2/c1-14-4-6-17(7-5-14)26(23,24)21-9-2-3-16(12-21)18(22)20-19-11-15-8-10-25-13-15/h4-8,10-11,13,16H,2-3,9,12H2,1H3,(H,20,22)/b19-11-/t16-/m1/s1. The van der Waals surface area contributed by atoms with E-state index in [1.54, 1.807) is 41.8 Å². The van der Waals surface area contributed by atoms with Crippen molar-refractivity contribution in [2.45, 2.75) is 24.7 Å². The minimum atomic E-state index is -3.58. The zero-order valence-corrected chi connectivity index (χ0v) is 16.1. The van der Waals surface area contributed by atoms with Crippen molar-refractivity contribution in [1.82, 2.24) is 9.73 Å². The molecule has 2 heterocycles. The Hall–Kier alpha value is -2.03. The van der Waals surface area contributed by atoms with Gasteiger partial charge in [-0.25, -0.2) is 13.8 Å². The highest BCUT2D eigenvalue weighted by atomic mass is 32.2. The number of benzene rings is 1. The van der Waals surface area contributed by atoms with Gasteiger partial charge >= 0.3 is 0 Å². The molecule has 1 fully saturated rings. The van der Waals surface area contributed by atoms with Crippen LogP contribution in [0.4, 0.5) is 0 Å². The summed E-state index contributed by atoms with van der Waals surface area (Å²) < 4.78 is 27.0. The van der Waals surface area contributed by atoms with Crippen molar-refractivity contribution in [1.29, 1.82) is 0 Å². The number of aryl methyl sites for hydroxylation is 1. The second-order valence-electron chi connectivity index (χ2n) is 6.31. The van der Waals surface area contributed by atoms with Gasteiger partial charge in [0.15, 0.2) is 0 Å². The molecule has 138 valence electrons. The third-order valence-corrected chi connectivity index (χ3v) is 6.93. The molecule has 6 nitrogen and oxygen atoms in total. The Balaban J connectivity index is 1.64. The van der Waals surface area contributed by atoms with Gasteiger partial charge in [0.05, 0.1) is 17.0 Å². The maximum absolute atomic E-state index is 12.8. The van der Waals surface area contributed by atoms with E-state index in [0.29, 0.717) is 19.4 Å². The highest BCUT2D eigenvalue weighted by molar-refractivity contribution is 7.89. The number of nitrogens with one attached hydrogen (secondary N) is 1. The van der Waals surface area contributed by atoms with Gasteiger partial charge in [0.25, 0.3) is 0 Å². The molecular weight excluding hydrogens is 370 g/mol. The summed E-state index contributed by atoms with van der Waals surface area (Å²) in [6.45, 7) is 2.52. The summed E-state index contributed by atoms with van der Waals surface area (Å²) in [4.78, 5) is 12.6. The van der Waals surface area contributed by atoms with E-state index in [4.69, 9.17) is 0 Å². The van der Waals surface area contributed by atoms with Crippen LogP contribution in [0.15, 0.2) is 51.1 Å². The van der Waals surface area contributed by atoms with Gasteiger partial charge in [-0.1, -0.05) is 17.7 Å². The molecule has 0 radical (unpaired) electrons. The Morgan fingerprint density at radius 1 is 1.31 bits per heavy atom. The number of sulfonamides is 1. The van der Waals surface area contributed by atoms with Crippen LogP contribution in [0.5, 0.6) is 0 Å². The number of carbonyl (C=O) groups is 1. The quantitative estimate of drug-likeness (QED) is 0.629. The number of piperidine rings is 1. The van der Waals surface area contributed by atoms with Gasteiger partial charge in [0.2, 0.25) is 15.9 Å². The van der Waals surface area contributed by atoms with Gasteiger partial charge in [0, 0.05) is 18.7 Å². The summed E-state index contributed by atoms with van der Waals surface area (Å²) in [5.41, 5.74) is 4.45. The number of carbonyl (C=O) groups excluding carboxylic acids is 1. The second-order valence-corrected chi connectivity index (χ2v) is 9.02. The first-order chi connectivity index (χ1) is 12.5. The van der Waals surface area contributed by atoms with Crippen molar-refractivity contribution in [3.8, 4) is 0 Å². The van der Waals surface area contributed by atoms with E-state index < -0.39 is 15.9 Å². The van der Waals surface area contributed by atoms with Gasteiger partial charge in [-0.05, 0) is 48.7 Å². The highest BCUT2D eigenvalue weighted by Crippen LogP contribution is 2.24. The molecule has 26 heavy (non-hydrogen) atoms. The summed E-state index contributed by atoms with van der Waals surface area (Å²) in [5.74, 6) is -0.649. The van der Waals surface area contributed by atoms with Gasteiger partial charge in [-0.3, -0.25) is 4.79 Å². The maximum atomic E-state index is 12.8. The molecule has 1 N–H and O–H groups in total. The van der Waals surface area contributed by atoms with E-state index in [1.165, 1.54) is 4.31 Å². The van der Waals surface area contributed by atoms with Crippen molar-refractivity contribution >= 4 is 33.5 Å². The molecule has 1 aliphatic heterocycles. The van der Waals surface area contributed by atoms with Crippen LogP contribution in [-0.2, 0) is 14.8 Å². The summed E-state index contributed by atoms with van der Waals surface area (Å²) >= 11 is 1.55. The van der Waals surface area contributed by atoms with Crippen molar-refractivity contribution in [2.75, 3.05) is 13.1 Å². The first-order valence-corrected chi connectivity index (χ1v) is 10.8. The van der Waals surface area contributed by atoms with E-state index in [-0.39, 0.29) is 17.3 Å². The lowest BCUT2D eigenvalue weighted by atomic mass is 9.99. The molecule has 2 aromatic rings. The predicted octanol–water partition coefficient (Wildman–Crippen LogP) is 2.61. The largest absolute Gasteiger partial charge is 0.273 e. The Labute approximate surface area is 157 Å². The van der Waals surface area contributed by atoms with Gasteiger partial charge in [-0.2, -0.15) is 20.7 Å². The smallest absolute Gasteiger partial charge is 0.244 e. The van der Waals surface area contributed by atoms with Crippen LogP contribution in [0, 0.1) is 12.8 Å². The number of hydrogen-bond donors (Lipinski definition) is 1. The van der Waals surface area contributed by atoms with Crippen molar-refractivity contribution in [3.05, 3.63) is 52.2 Å². The van der Waals surface area contributed by atoms with Crippen LogP contribution in [0.1, 0.15) is 24.0 Å². The predicted molar refractivity (Wildman–Crippen MR) is 103 cm³/mol. The van der Waals surface area contributed by atoms with Gasteiger partial charge in [-0.15, -0.1) is 0 Å². The van der Waals surface area contributed by atoms with Crippen LogP contribution in [0.3, 0.4) is 0 Å². The zero-order chi connectivity index (χ0) is 18.6. The van der Waals surface area contributed by atoms with Crippen molar-refractivity contribution in [2.24, 2.45) is 11.0 Å². The van der Waals surface area contributed by atoms with E-state index in [0.717, 1.165) is 11.1 Å². The molecule has 1 amide bonds. The van der Waals surface area contributed by atoms with Crippen LogP contribution in [-0.4, -0.2) is 37.9 Å². The van der Waals surface area contributed by atoms with Crippen molar-refractivity contribution < 1.29 is 13.2 Å². The molecule has 1 saturated heterocycles. The fraction of sp³-hybridized carbons (Fsp3) is 0.333. The number of rotatable bonds is 5. The molecule has 8 heteroatoms. The SMILES string of the molecule is Cc1ccc(S(=O)(=O)N2CCC[C@@H](C(=O)N/N=C\c3ccsc3)C2)cc1. The number of nitrogens with zero attached hydrogens (tertiary/aromatic N) is 2. The Kier molecular flexibility index (Phi) is 5.85. The lowest BCUT2D eigenvalue weighted by Crippen LogP contribution is -2.44. The van der Waals surface area contributed by atoms with Crippen LogP contribution >= 0.6 is 11.3 Å². The molecule has 0 spiro atoms. The number of hydrazone groups is 1.